The average Bonchev–Trinajstić information content (AvgIpc) is 3.36. The maximum atomic E-state index is 4.85. The van der Waals surface area contributed by atoms with Gasteiger partial charge in [0.2, 0.25) is 0 Å². The van der Waals surface area contributed by atoms with Crippen LogP contribution >= 0.6 is 0 Å². The van der Waals surface area contributed by atoms with Crippen LogP contribution in [0.4, 0.5) is 0 Å². The Balaban J connectivity index is 1.52. The van der Waals surface area contributed by atoms with E-state index in [-0.39, 0.29) is 0 Å². The van der Waals surface area contributed by atoms with Crippen molar-refractivity contribution >= 4 is 21.9 Å². The molecule has 2 heterocycles. The molecule has 3 heteroatoms. The van der Waals surface area contributed by atoms with Gasteiger partial charge in [-0.05, 0) is 48.2 Å². The summed E-state index contributed by atoms with van der Waals surface area (Å²) in [4.78, 5) is 8.33. The summed E-state index contributed by atoms with van der Waals surface area (Å²) in [6, 6.07) is 28.4. The first-order chi connectivity index (χ1) is 14.4. The lowest BCUT2D eigenvalue weighted by molar-refractivity contribution is 0.878. The smallest absolute Gasteiger partial charge is 0.158 e. The van der Waals surface area contributed by atoms with Crippen LogP contribution in [0.5, 0.6) is 0 Å². The zero-order valence-corrected chi connectivity index (χ0v) is 15.7. The highest BCUT2D eigenvalue weighted by Crippen LogP contribution is 2.27. The third-order valence-electron chi connectivity index (χ3n) is 4.79. The highest BCUT2D eigenvalue weighted by Gasteiger charge is 2.13. The zero-order valence-electron chi connectivity index (χ0n) is 15.7. The van der Waals surface area contributed by atoms with Gasteiger partial charge in [0.25, 0.3) is 0 Å². The van der Waals surface area contributed by atoms with Crippen LogP contribution in [0.25, 0.3) is 33.5 Å². The number of nitrogens with one attached hydrogen (secondary N) is 1. The van der Waals surface area contributed by atoms with E-state index >= 15 is 0 Å². The van der Waals surface area contributed by atoms with Gasteiger partial charge in [-0.25, -0.2) is 4.98 Å². The Morgan fingerprint density at radius 2 is 1.62 bits per heavy atom. The number of para-hydroxylation sites is 3. The molecule has 3 nitrogen and oxygen atoms in total. The highest BCUT2D eigenvalue weighted by molar-refractivity contribution is 5.87. The van der Waals surface area contributed by atoms with Crippen molar-refractivity contribution in [3.63, 3.8) is 0 Å². The summed E-state index contributed by atoms with van der Waals surface area (Å²) in [6.45, 7) is 0.523. The minimum absolute atomic E-state index is 0.523. The third-order valence-corrected chi connectivity index (χ3v) is 4.79. The van der Waals surface area contributed by atoms with Gasteiger partial charge in [-0.2, -0.15) is 0 Å². The number of fused-ring (bicyclic) bond motifs is 2. The lowest BCUT2D eigenvalue weighted by atomic mass is 10.2. The fraction of sp³-hybridized carbons (Fsp3) is 0.0385. The van der Waals surface area contributed by atoms with Gasteiger partial charge in [0.05, 0.1) is 23.3 Å². The van der Waals surface area contributed by atoms with E-state index in [1.54, 1.807) is 0 Å². The summed E-state index contributed by atoms with van der Waals surface area (Å²) < 4.78 is 2.14. The molecule has 0 aliphatic heterocycles. The van der Waals surface area contributed by atoms with Crippen LogP contribution in [-0.2, 0) is 6.54 Å². The molecule has 5 rings (SSSR count). The predicted octanol–water partition coefficient (Wildman–Crippen LogP) is 5.24. The molecule has 0 atom stereocenters. The molecular formula is C26H17N3. The fourth-order valence-electron chi connectivity index (χ4n) is 3.42. The summed E-state index contributed by atoms with van der Waals surface area (Å²) >= 11 is 0. The molecule has 0 fully saturated rings. The Hall–Kier alpha value is -4.21. The normalized spacial score (nSPS) is 10.3. The molecule has 0 aliphatic carbocycles. The lowest BCUT2D eigenvalue weighted by Gasteiger charge is -2.03. The number of imidazole rings is 1. The third kappa shape index (κ3) is 3.38. The maximum absolute atomic E-state index is 4.85. The van der Waals surface area contributed by atoms with Gasteiger partial charge in [-0.1, -0.05) is 60.4 Å². The summed E-state index contributed by atoms with van der Waals surface area (Å²) in [6.07, 6.45) is 0. The fourth-order valence-corrected chi connectivity index (χ4v) is 3.42. The summed E-state index contributed by atoms with van der Waals surface area (Å²) in [5.41, 5.74) is 5.07. The molecule has 29 heavy (non-hydrogen) atoms. The summed E-state index contributed by atoms with van der Waals surface area (Å²) in [5, 5.41) is 1.17. The number of benzene rings is 3. The quantitative estimate of drug-likeness (QED) is 0.423. The number of aromatic amines is 1. The predicted molar refractivity (Wildman–Crippen MR) is 118 cm³/mol. The standard InChI is InChI=1S/C26H17N3/c1-3-11-20(12-4-1)13-5-2-10-18-29-25-17-9-8-16-23(25)28-26(29)24-19-21-14-6-7-15-22(21)27-24/h1,3-4,6-9,11-12,14-17,19,27H,18H2. The van der Waals surface area contributed by atoms with Gasteiger partial charge in [0, 0.05) is 16.5 Å². The zero-order chi connectivity index (χ0) is 19.5. The molecule has 0 saturated carbocycles. The molecule has 2 aromatic heterocycles. The second kappa shape index (κ2) is 7.43. The molecule has 1 N–H and O–H groups in total. The summed E-state index contributed by atoms with van der Waals surface area (Å²) in [5.74, 6) is 13.0. The second-order valence-electron chi connectivity index (χ2n) is 6.70. The molecule has 0 spiro atoms. The minimum Gasteiger partial charge on any atom is -0.352 e. The summed E-state index contributed by atoms with van der Waals surface area (Å²) in [7, 11) is 0. The molecule has 136 valence electrons. The van der Waals surface area contributed by atoms with Gasteiger partial charge >= 0.3 is 0 Å². The molecule has 3 aromatic carbocycles. The van der Waals surface area contributed by atoms with Gasteiger partial charge < -0.3 is 9.55 Å². The first-order valence-electron chi connectivity index (χ1n) is 9.46. The Morgan fingerprint density at radius 3 is 2.52 bits per heavy atom. The number of rotatable bonds is 2. The number of aromatic nitrogens is 3. The first-order valence-corrected chi connectivity index (χ1v) is 9.46. The van der Waals surface area contributed by atoms with E-state index in [9.17, 15) is 0 Å². The van der Waals surface area contributed by atoms with E-state index < -0.39 is 0 Å². The Labute approximate surface area is 169 Å². The average molecular weight is 371 g/mol. The molecule has 0 saturated heterocycles. The largest absolute Gasteiger partial charge is 0.352 e. The van der Waals surface area contributed by atoms with Gasteiger partial charge in [-0.3, -0.25) is 0 Å². The van der Waals surface area contributed by atoms with Gasteiger partial charge in [0.15, 0.2) is 5.82 Å². The van der Waals surface area contributed by atoms with Crippen molar-refractivity contribution < 1.29 is 0 Å². The Kier molecular flexibility index (Phi) is 4.33. The molecule has 0 aliphatic rings. The maximum Gasteiger partial charge on any atom is 0.158 e. The van der Waals surface area contributed by atoms with E-state index in [0.717, 1.165) is 33.6 Å². The number of hydrogen-bond acceptors (Lipinski definition) is 1. The number of H-pyrrole nitrogens is 1. The van der Waals surface area contributed by atoms with E-state index in [0.29, 0.717) is 6.54 Å². The van der Waals surface area contributed by atoms with E-state index in [1.165, 1.54) is 5.39 Å². The Morgan fingerprint density at radius 1 is 0.828 bits per heavy atom. The first kappa shape index (κ1) is 16.9. The number of nitrogens with zero attached hydrogens (tertiary/aromatic N) is 2. The van der Waals surface area contributed by atoms with E-state index in [2.05, 4.69) is 57.5 Å². The molecular weight excluding hydrogens is 354 g/mol. The Bertz CT molecular complexity index is 1400. The molecule has 5 aromatic rings. The van der Waals surface area contributed by atoms with Crippen LogP contribution in [-0.4, -0.2) is 14.5 Å². The van der Waals surface area contributed by atoms with Crippen LogP contribution in [0, 0.1) is 23.7 Å². The molecule has 0 unspecified atom stereocenters. The minimum atomic E-state index is 0.523. The van der Waals surface area contributed by atoms with Crippen LogP contribution in [0.1, 0.15) is 5.56 Å². The monoisotopic (exact) mass is 371 g/mol. The van der Waals surface area contributed by atoms with Crippen LogP contribution in [0.3, 0.4) is 0 Å². The van der Waals surface area contributed by atoms with Crippen molar-refractivity contribution in [3.8, 4) is 35.2 Å². The van der Waals surface area contributed by atoms with Crippen LogP contribution in [0.15, 0.2) is 84.9 Å². The van der Waals surface area contributed by atoms with Crippen molar-refractivity contribution in [3.05, 3.63) is 90.5 Å². The van der Waals surface area contributed by atoms with Crippen LogP contribution < -0.4 is 0 Å². The number of hydrogen-bond donors (Lipinski definition) is 1. The molecule has 0 radical (unpaired) electrons. The molecule has 0 amide bonds. The molecule has 0 bridgehead atoms. The van der Waals surface area contributed by atoms with Crippen LogP contribution in [0.2, 0.25) is 0 Å². The van der Waals surface area contributed by atoms with Gasteiger partial charge in [0.1, 0.15) is 0 Å². The van der Waals surface area contributed by atoms with Gasteiger partial charge in [-0.15, -0.1) is 0 Å². The van der Waals surface area contributed by atoms with Crippen molar-refractivity contribution in [2.75, 3.05) is 0 Å². The van der Waals surface area contributed by atoms with Crippen molar-refractivity contribution in [2.24, 2.45) is 0 Å². The second-order valence-corrected chi connectivity index (χ2v) is 6.70. The van der Waals surface area contributed by atoms with E-state index in [4.69, 9.17) is 4.98 Å². The highest BCUT2D eigenvalue weighted by atomic mass is 15.1. The topological polar surface area (TPSA) is 33.6 Å². The SMILES string of the molecule is C(C#Cc1ccccc1)#CCn1c(-c2cc3ccccc3[nH]2)nc2ccccc21. The van der Waals surface area contributed by atoms with Crippen molar-refractivity contribution in [1.82, 2.24) is 14.5 Å². The van der Waals surface area contributed by atoms with Crippen molar-refractivity contribution in [1.29, 1.82) is 0 Å². The lowest BCUT2D eigenvalue weighted by Crippen LogP contribution is -1.99. The van der Waals surface area contributed by atoms with E-state index in [1.807, 2.05) is 60.7 Å². The van der Waals surface area contributed by atoms with Crippen molar-refractivity contribution in [2.45, 2.75) is 6.54 Å².